The average molecular weight is 302 g/mol. The maximum atomic E-state index is 12.7. The third-order valence-corrected chi connectivity index (χ3v) is 4.07. The Morgan fingerprint density at radius 1 is 1.41 bits per heavy atom. The highest BCUT2D eigenvalue weighted by Gasteiger charge is 2.23. The fourth-order valence-corrected chi connectivity index (χ4v) is 2.90. The average Bonchev–Trinajstić information content (AvgIpc) is 2.91. The molecule has 0 atom stereocenters. The molecule has 0 spiro atoms. The Kier molecular flexibility index (Phi) is 4.11. The number of piperidine rings is 1. The Morgan fingerprint density at radius 2 is 2.14 bits per heavy atom. The number of nitrogens with zero attached hydrogens (tertiary/aromatic N) is 2. The molecule has 22 heavy (non-hydrogen) atoms. The van der Waals surface area contributed by atoms with Crippen molar-refractivity contribution in [2.24, 2.45) is 0 Å². The van der Waals surface area contributed by atoms with E-state index in [2.05, 4.69) is 20.8 Å². The van der Waals surface area contributed by atoms with Crippen LogP contribution >= 0.6 is 0 Å². The highest BCUT2D eigenvalue weighted by molar-refractivity contribution is 6.06. The van der Waals surface area contributed by atoms with E-state index in [1.165, 1.54) is 0 Å². The zero-order chi connectivity index (χ0) is 15.7. The fourth-order valence-electron chi connectivity index (χ4n) is 2.90. The molecule has 0 aliphatic carbocycles. The van der Waals surface area contributed by atoms with E-state index in [1.807, 2.05) is 26.8 Å². The molecule has 6 heteroatoms. The van der Waals surface area contributed by atoms with E-state index in [9.17, 15) is 4.79 Å². The predicted octanol–water partition coefficient (Wildman–Crippen LogP) is 2.14. The summed E-state index contributed by atoms with van der Waals surface area (Å²) in [6, 6.07) is 2.04. The molecule has 118 valence electrons. The van der Waals surface area contributed by atoms with Crippen LogP contribution in [0.4, 0.5) is 0 Å². The number of amides is 1. The van der Waals surface area contributed by atoms with Gasteiger partial charge in [-0.3, -0.25) is 4.79 Å². The number of aromatic nitrogens is 2. The molecule has 0 unspecified atom stereocenters. The van der Waals surface area contributed by atoms with Crippen LogP contribution in [0.15, 0.2) is 10.6 Å². The van der Waals surface area contributed by atoms with Crippen molar-refractivity contribution in [2.75, 3.05) is 13.1 Å². The van der Waals surface area contributed by atoms with Crippen LogP contribution < -0.4 is 10.6 Å². The lowest BCUT2D eigenvalue weighted by Gasteiger charge is -2.23. The molecule has 1 aliphatic rings. The van der Waals surface area contributed by atoms with Gasteiger partial charge in [-0.25, -0.2) is 4.98 Å². The zero-order valence-corrected chi connectivity index (χ0v) is 13.3. The van der Waals surface area contributed by atoms with Gasteiger partial charge in [-0.1, -0.05) is 19.0 Å². The Morgan fingerprint density at radius 3 is 2.82 bits per heavy atom. The summed E-state index contributed by atoms with van der Waals surface area (Å²) in [7, 11) is 0. The van der Waals surface area contributed by atoms with E-state index in [-0.39, 0.29) is 17.9 Å². The number of carbonyl (C=O) groups excluding carboxylic acids is 1. The minimum atomic E-state index is -0.0625. The van der Waals surface area contributed by atoms with Crippen LogP contribution in [0, 0.1) is 6.92 Å². The normalized spacial score (nSPS) is 16.4. The molecular weight excluding hydrogens is 280 g/mol. The molecular formula is C16H22N4O2. The second-order valence-electron chi connectivity index (χ2n) is 6.21. The Labute approximate surface area is 129 Å². The number of hydrogen-bond acceptors (Lipinski definition) is 5. The highest BCUT2D eigenvalue weighted by Crippen LogP contribution is 2.27. The van der Waals surface area contributed by atoms with Crippen molar-refractivity contribution >= 4 is 17.0 Å². The zero-order valence-electron chi connectivity index (χ0n) is 13.3. The SMILES string of the molecule is Cc1cc(C(=O)NC2CCNCC2)c2c(C(C)C)noc2n1. The fraction of sp³-hybridized carbons (Fsp3) is 0.562. The first-order chi connectivity index (χ1) is 10.6. The van der Waals surface area contributed by atoms with Crippen LogP contribution in [0.25, 0.3) is 11.1 Å². The minimum Gasteiger partial charge on any atom is -0.349 e. The molecule has 2 N–H and O–H groups in total. The molecule has 2 aromatic rings. The van der Waals surface area contributed by atoms with Gasteiger partial charge >= 0.3 is 0 Å². The maximum absolute atomic E-state index is 12.7. The molecule has 0 radical (unpaired) electrons. The predicted molar refractivity (Wildman–Crippen MR) is 84.0 cm³/mol. The van der Waals surface area contributed by atoms with Gasteiger partial charge < -0.3 is 15.2 Å². The lowest BCUT2D eigenvalue weighted by atomic mass is 10.0. The molecule has 0 bridgehead atoms. The third-order valence-electron chi connectivity index (χ3n) is 4.07. The van der Waals surface area contributed by atoms with Crippen LogP contribution in [0.3, 0.4) is 0 Å². The van der Waals surface area contributed by atoms with Gasteiger partial charge in [-0.2, -0.15) is 0 Å². The van der Waals surface area contributed by atoms with Gasteiger partial charge in [-0.15, -0.1) is 0 Å². The summed E-state index contributed by atoms with van der Waals surface area (Å²) in [4.78, 5) is 17.1. The number of nitrogens with one attached hydrogen (secondary N) is 2. The lowest BCUT2D eigenvalue weighted by molar-refractivity contribution is 0.0931. The van der Waals surface area contributed by atoms with Gasteiger partial charge in [0.05, 0.1) is 16.6 Å². The standard InChI is InChI=1S/C16H22N4O2/c1-9(2)14-13-12(8-10(3)18-16(13)22-20-14)15(21)19-11-4-6-17-7-5-11/h8-9,11,17H,4-7H2,1-3H3,(H,19,21). The van der Waals surface area contributed by atoms with E-state index in [1.54, 1.807) is 0 Å². The van der Waals surface area contributed by atoms with E-state index in [0.29, 0.717) is 11.3 Å². The van der Waals surface area contributed by atoms with Crippen LogP contribution in [0.5, 0.6) is 0 Å². The lowest BCUT2D eigenvalue weighted by Crippen LogP contribution is -2.42. The second-order valence-corrected chi connectivity index (χ2v) is 6.21. The molecule has 1 saturated heterocycles. The van der Waals surface area contributed by atoms with E-state index >= 15 is 0 Å². The van der Waals surface area contributed by atoms with E-state index in [0.717, 1.165) is 42.7 Å². The van der Waals surface area contributed by atoms with E-state index in [4.69, 9.17) is 4.52 Å². The molecule has 2 aromatic heterocycles. The second kappa shape index (κ2) is 6.04. The molecule has 0 aromatic carbocycles. The van der Waals surface area contributed by atoms with Crippen molar-refractivity contribution in [1.82, 2.24) is 20.8 Å². The summed E-state index contributed by atoms with van der Waals surface area (Å²) in [6.07, 6.45) is 1.92. The van der Waals surface area contributed by atoms with Gasteiger partial charge in [0, 0.05) is 11.7 Å². The van der Waals surface area contributed by atoms with Crippen LogP contribution in [-0.4, -0.2) is 35.2 Å². The number of aryl methyl sites for hydroxylation is 1. The molecule has 1 amide bonds. The van der Waals surface area contributed by atoms with Gasteiger partial charge in [0.25, 0.3) is 11.6 Å². The number of fused-ring (bicyclic) bond motifs is 1. The van der Waals surface area contributed by atoms with Crippen molar-refractivity contribution in [3.05, 3.63) is 23.0 Å². The van der Waals surface area contributed by atoms with Gasteiger partial charge in [0.2, 0.25) is 0 Å². The quantitative estimate of drug-likeness (QED) is 0.908. The van der Waals surface area contributed by atoms with Crippen molar-refractivity contribution < 1.29 is 9.32 Å². The van der Waals surface area contributed by atoms with Crippen LogP contribution in [-0.2, 0) is 0 Å². The van der Waals surface area contributed by atoms with Crippen LogP contribution in [0.2, 0.25) is 0 Å². The number of rotatable bonds is 3. The molecule has 0 saturated carbocycles. The summed E-state index contributed by atoms with van der Waals surface area (Å²) >= 11 is 0. The van der Waals surface area contributed by atoms with Gasteiger partial charge in [0.15, 0.2) is 0 Å². The summed E-state index contributed by atoms with van der Waals surface area (Å²) < 4.78 is 5.32. The summed E-state index contributed by atoms with van der Waals surface area (Å²) in [5, 5.41) is 11.3. The Balaban J connectivity index is 1.97. The van der Waals surface area contributed by atoms with Gasteiger partial charge in [0.1, 0.15) is 0 Å². The highest BCUT2D eigenvalue weighted by atomic mass is 16.5. The first-order valence-electron chi connectivity index (χ1n) is 7.84. The molecule has 1 fully saturated rings. The number of pyridine rings is 1. The van der Waals surface area contributed by atoms with Crippen molar-refractivity contribution in [3.63, 3.8) is 0 Å². The summed E-state index contributed by atoms with van der Waals surface area (Å²) in [6.45, 7) is 7.82. The Hall–Kier alpha value is -1.95. The topological polar surface area (TPSA) is 80.0 Å². The monoisotopic (exact) mass is 302 g/mol. The summed E-state index contributed by atoms with van der Waals surface area (Å²) in [5.74, 6) is 0.115. The van der Waals surface area contributed by atoms with Crippen molar-refractivity contribution in [3.8, 4) is 0 Å². The largest absolute Gasteiger partial charge is 0.349 e. The third kappa shape index (κ3) is 2.83. The molecule has 3 heterocycles. The number of hydrogen-bond donors (Lipinski definition) is 2. The molecule has 1 aliphatic heterocycles. The summed E-state index contributed by atoms with van der Waals surface area (Å²) in [5.41, 5.74) is 2.61. The maximum Gasteiger partial charge on any atom is 0.259 e. The Bertz CT molecular complexity index is 687. The smallest absolute Gasteiger partial charge is 0.259 e. The van der Waals surface area contributed by atoms with Crippen LogP contribution in [0.1, 0.15) is 54.4 Å². The first kappa shape index (κ1) is 15.0. The van der Waals surface area contributed by atoms with Crippen molar-refractivity contribution in [2.45, 2.75) is 45.6 Å². The van der Waals surface area contributed by atoms with Gasteiger partial charge in [-0.05, 0) is 44.8 Å². The van der Waals surface area contributed by atoms with E-state index < -0.39 is 0 Å². The first-order valence-corrected chi connectivity index (χ1v) is 7.84. The molecule has 3 rings (SSSR count). The minimum absolute atomic E-state index is 0.0625. The number of carbonyl (C=O) groups is 1. The van der Waals surface area contributed by atoms with Crippen molar-refractivity contribution in [1.29, 1.82) is 0 Å². The molecule has 6 nitrogen and oxygen atoms in total.